The molecule has 1 aromatic carbocycles. The first-order chi connectivity index (χ1) is 14.7. The molecule has 1 saturated heterocycles. The largest absolute Gasteiger partial charge is 0.492 e. The van der Waals surface area contributed by atoms with E-state index in [0.29, 0.717) is 19.1 Å². The van der Waals surface area contributed by atoms with Gasteiger partial charge in [-0.05, 0) is 29.9 Å². The summed E-state index contributed by atoms with van der Waals surface area (Å²) in [6.45, 7) is 9.04. The lowest BCUT2D eigenvalue weighted by molar-refractivity contribution is 0.0322. The smallest absolute Gasteiger partial charge is 0.191 e. The molecule has 1 aliphatic heterocycles. The van der Waals surface area contributed by atoms with Gasteiger partial charge in [0.25, 0.3) is 0 Å². The van der Waals surface area contributed by atoms with Gasteiger partial charge < -0.3 is 20.1 Å². The Labute approximate surface area is 184 Å². The number of para-hydroxylation sites is 1. The van der Waals surface area contributed by atoms with Crippen molar-refractivity contribution in [2.24, 2.45) is 10.9 Å². The molecule has 0 spiro atoms. The number of hydrogen-bond donors (Lipinski definition) is 2. The molecule has 30 heavy (non-hydrogen) atoms. The summed E-state index contributed by atoms with van der Waals surface area (Å²) < 4.78 is 11.5. The lowest BCUT2D eigenvalue weighted by Gasteiger charge is -2.26. The molecule has 0 amide bonds. The highest BCUT2D eigenvalue weighted by molar-refractivity contribution is 7.09. The summed E-state index contributed by atoms with van der Waals surface area (Å²) in [6.07, 6.45) is 1.08. The fraction of sp³-hybridized carbons (Fsp3) is 0.522. The molecule has 164 valence electrons. The molecule has 3 rings (SSSR count). The van der Waals surface area contributed by atoms with Crippen LogP contribution in [0.15, 0.2) is 46.8 Å². The van der Waals surface area contributed by atoms with Gasteiger partial charge in [0, 0.05) is 50.2 Å². The van der Waals surface area contributed by atoms with E-state index in [1.165, 1.54) is 4.88 Å². The fourth-order valence-corrected chi connectivity index (χ4v) is 4.28. The number of guanidine groups is 1. The predicted octanol–water partition coefficient (Wildman–Crippen LogP) is 3.00. The van der Waals surface area contributed by atoms with Gasteiger partial charge in [-0.1, -0.05) is 31.2 Å². The van der Waals surface area contributed by atoms with E-state index in [1.54, 1.807) is 0 Å². The number of morpholine rings is 1. The molecule has 1 aliphatic rings. The zero-order valence-corrected chi connectivity index (χ0v) is 18.9. The molecule has 0 bridgehead atoms. The lowest BCUT2D eigenvalue weighted by Crippen LogP contribution is -2.39. The Morgan fingerprint density at radius 1 is 1.20 bits per heavy atom. The van der Waals surface area contributed by atoms with E-state index >= 15 is 0 Å². The Hall–Kier alpha value is -2.09. The number of ether oxygens (including phenoxy) is 2. The molecule has 1 unspecified atom stereocenters. The van der Waals surface area contributed by atoms with Crippen molar-refractivity contribution in [1.82, 2.24) is 15.5 Å². The Kier molecular flexibility index (Phi) is 9.47. The van der Waals surface area contributed by atoms with Gasteiger partial charge in [0.15, 0.2) is 5.96 Å². The van der Waals surface area contributed by atoms with Gasteiger partial charge in [0.2, 0.25) is 0 Å². The summed E-state index contributed by atoms with van der Waals surface area (Å²) in [6, 6.07) is 12.5. The van der Waals surface area contributed by atoms with Crippen molar-refractivity contribution in [3.8, 4) is 5.75 Å². The minimum absolute atomic E-state index is 0.540. The van der Waals surface area contributed by atoms with E-state index < -0.39 is 0 Å². The van der Waals surface area contributed by atoms with Gasteiger partial charge in [0.05, 0.1) is 13.2 Å². The molecule has 2 N–H and O–H groups in total. The minimum Gasteiger partial charge on any atom is -0.492 e. The van der Waals surface area contributed by atoms with Crippen molar-refractivity contribution in [3.05, 3.63) is 52.2 Å². The predicted molar refractivity (Wildman–Crippen MR) is 125 cm³/mol. The van der Waals surface area contributed by atoms with Crippen LogP contribution in [0.5, 0.6) is 5.75 Å². The molecular formula is C23H34N4O2S. The Balaban J connectivity index is 1.42. The van der Waals surface area contributed by atoms with Crippen molar-refractivity contribution >= 4 is 17.3 Å². The van der Waals surface area contributed by atoms with Crippen LogP contribution in [0.1, 0.15) is 17.4 Å². The van der Waals surface area contributed by atoms with Gasteiger partial charge in [0.1, 0.15) is 12.4 Å². The molecule has 2 heterocycles. The quantitative estimate of drug-likeness (QED) is 0.448. The zero-order chi connectivity index (χ0) is 21.0. The van der Waals surface area contributed by atoms with Crippen molar-refractivity contribution < 1.29 is 9.47 Å². The average molecular weight is 431 g/mol. The molecule has 0 aliphatic carbocycles. The normalized spacial score (nSPS) is 16.3. The zero-order valence-electron chi connectivity index (χ0n) is 18.1. The monoisotopic (exact) mass is 430 g/mol. The van der Waals surface area contributed by atoms with Crippen LogP contribution in [0.4, 0.5) is 0 Å². The minimum atomic E-state index is 0.540. The van der Waals surface area contributed by atoms with Crippen LogP contribution in [0.3, 0.4) is 0 Å². The van der Waals surface area contributed by atoms with E-state index in [4.69, 9.17) is 9.47 Å². The van der Waals surface area contributed by atoms with Gasteiger partial charge in [-0.3, -0.25) is 9.89 Å². The molecule has 1 atom stereocenters. The maximum atomic E-state index is 6.08. The van der Waals surface area contributed by atoms with Crippen molar-refractivity contribution in [2.75, 3.05) is 53.0 Å². The van der Waals surface area contributed by atoms with Crippen LogP contribution >= 0.6 is 11.3 Å². The van der Waals surface area contributed by atoms with Gasteiger partial charge >= 0.3 is 0 Å². The molecule has 2 aromatic rings. The van der Waals surface area contributed by atoms with Crippen molar-refractivity contribution in [1.29, 1.82) is 0 Å². The second-order valence-corrected chi connectivity index (χ2v) is 8.64. The summed E-state index contributed by atoms with van der Waals surface area (Å²) in [4.78, 5) is 8.17. The molecular weight excluding hydrogens is 396 g/mol. The number of hydrogen-bond acceptors (Lipinski definition) is 5. The standard InChI is InChI=1S/C23H34N4O2S/c1-19(16-21-7-5-15-30-21)17-25-23(24-2)26-18-20-6-3-4-8-22(20)29-14-11-27-9-12-28-13-10-27/h3-8,15,19H,9-14,16-18H2,1-2H3,(H2,24,25,26). The van der Waals surface area contributed by atoms with Crippen molar-refractivity contribution in [3.63, 3.8) is 0 Å². The third-order valence-corrected chi connectivity index (χ3v) is 6.06. The SMILES string of the molecule is CN=C(NCc1ccccc1OCCN1CCOCC1)NCC(C)Cc1cccs1. The van der Waals surface area contributed by atoms with E-state index in [0.717, 1.165) is 63.1 Å². The first-order valence-corrected chi connectivity index (χ1v) is 11.6. The number of nitrogens with one attached hydrogen (secondary N) is 2. The fourth-order valence-electron chi connectivity index (χ4n) is 3.41. The second-order valence-electron chi connectivity index (χ2n) is 7.61. The highest BCUT2D eigenvalue weighted by atomic mass is 32.1. The van der Waals surface area contributed by atoms with Crippen LogP contribution in [0.2, 0.25) is 0 Å². The number of thiophene rings is 1. The molecule has 1 fully saturated rings. The first kappa shape index (κ1) is 22.6. The molecule has 1 aromatic heterocycles. The van der Waals surface area contributed by atoms with Gasteiger partial charge in [-0.25, -0.2) is 0 Å². The van der Waals surface area contributed by atoms with E-state index in [1.807, 2.05) is 36.6 Å². The molecule has 6 nitrogen and oxygen atoms in total. The van der Waals surface area contributed by atoms with Crippen LogP contribution in [-0.4, -0.2) is 63.9 Å². The van der Waals surface area contributed by atoms with Crippen molar-refractivity contribution in [2.45, 2.75) is 19.9 Å². The molecule has 7 heteroatoms. The number of benzene rings is 1. The Morgan fingerprint density at radius 2 is 2.03 bits per heavy atom. The van der Waals surface area contributed by atoms with E-state index in [9.17, 15) is 0 Å². The average Bonchev–Trinajstić information content (AvgIpc) is 3.28. The summed E-state index contributed by atoms with van der Waals surface area (Å²) in [5.74, 6) is 2.29. The third kappa shape index (κ3) is 7.63. The summed E-state index contributed by atoms with van der Waals surface area (Å²) in [7, 11) is 1.81. The lowest BCUT2D eigenvalue weighted by atomic mass is 10.1. The van der Waals surface area contributed by atoms with Crippen LogP contribution in [0, 0.1) is 5.92 Å². The van der Waals surface area contributed by atoms with Crippen LogP contribution in [0.25, 0.3) is 0 Å². The summed E-state index contributed by atoms with van der Waals surface area (Å²) in [5, 5.41) is 8.99. The van der Waals surface area contributed by atoms with Gasteiger partial charge in [-0.2, -0.15) is 0 Å². The Bertz CT molecular complexity index is 760. The second kappa shape index (κ2) is 12.6. The Morgan fingerprint density at radius 3 is 2.80 bits per heavy atom. The first-order valence-electron chi connectivity index (χ1n) is 10.7. The summed E-state index contributed by atoms with van der Waals surface area (Å²) >= 11 is 1.82. The maximum Gasteiger partial charge on any atom is 0.191 e. The number of aliphatic imine (C=N–C) groups is 1. The third-order valence-electron chi connectivity index (χ3n) is 5.16. The summed E-state index contributed by atoms with van der Waals surface area (Å²) in [5.41, 5.74) is 1.13. The maximum absolute atomic E-state index is 6.08. The number of nitrogens with zero attached hydrogens (tertiary/aromatic N) is 2. The van der Waals surface area contributed by atoms with Crippen LogP contribution in [-0.2, 0) is 17.7 Å². The topological polar surface area (TPSA) is 58.1 Å². The van der Waals surface area contributed by atoms with E-state index in [2.05, 4.69) is 51.0 Å². The highest BCUT2D eigenvalue weighted by Gasteiger charge is 2.11. The highest BCUT2D eigenvalue weighted by Crippen LogP contribution is 2.18. The molecule has 0 saturated carbocycles. The number of rotatable bonds is 10. The van der Waals surface area contributed by atoms with Gasteiger partial charge in [-0.15, -0.1) is 11.3 Å². The molecule has 0 radical (unpaired) electrons. The van der Waals surface area contributed by atoms with Crippen LogP contribution < -0.4 is 15.4 Å². The van der Waals surface area contributed by atoms with E-state index in [-0.39, 0.29) is 0 Å².